The molecular formula is C24H28N2O4. The zero-order valence-corrected chi connectivity index (χ0v) is 17.5. The monoisotopic (exact) mass is 408 g/mol. The van der Waals surface area contributed by atoms with Crippen LogP contribution in [0.1, 0.15) is 42.7 Å². The van der Waals surface area contributed by atoms with Gasteiger partial charge >= 0.3 is 6.09 Å². The summed E-state index contributed by atoms with van der Waals surface area (Å²) >= 11 is 0. The Morgan fingerprint density at radius 1 is 1.10 bits per heavy atom. The van der Waals surface area contributed by atoms with Crippen molar-refractivity contribution >= 4 is 12.4 Å². The zero-order chi connectivity index (χ0) is 21.1. The molecule has 1 saturated carbocycles. The van der Waals surface area contributed by atoms with Gasteiger partial charge in [0.15, 0.2) is 0 Å². The number of benzene rings is 2. The molecule has 2 aromatic carbocycles. The van der Waals surface area contributed by atoms with Gasteiger partial charge in [-0.3, -0.25) is 4.84 Å². The Kier molecular flexibility index (Phi) is 6.16. The van der Waals surface area contributed by atoms with E-state index in [0.29, 0.717) is 12.3 Å². The Morgan fingerprint density at radius 2 is 1.70 bits per heavy atom. The maximum absolute atomic E-state index is 13.0. The normalized spacial score (nSPS) is 16.5. The smallest absolute Gasteiger partial charge is 0.426 e. The van der Waals surface area contributed by atoms with Crippen LogP contribution in [0.25, 0.3) is 11.1 Å². The molecule has 2 aliphatic rings. The lowest BCUT2D eigenvalue weighted by atomic mass is 9.81. The van der Waals surface area contributed by atoms with E-state index in [1.165, 1.54) is 34.8 Å². The molecule has 0 spiro atoms. The van der Waals surface area contributed by atoms with Crippen molar-refractivity contribution in [3.8, 4) is 11.1 Å². The fourth-order valence-corrected chi connectivity index (χ4v) is 4.49. The molecule has 0 N–H and O–H groups in total. The molecule has 1 fully saturated rings. The highest BCUT2D eigenvalue weighted by molar-refractivity contribution is 5.79. The van der Waals surface area contributed by atoms with Gasteiger partial charge in [0.25, 0.3) is 0 Å². The number of aldehydes is 1. The number of nitrogens with zero attached hydrogens (tertiary/aromatic N) is 2. The average molecular weight is 408 g/mol. The average Bonchev–Trinajstić information content (AvgIpc) is 3.07. The van der Waals surface area contributed by atoms with E-state index in [1.807, 2.05) is 24.3 Å². The van der Waals surface area contributed by atoms with Crippen LogP contribution in [0.5, 0.6) is 0 Å². The third kappa shape index (κ3) is 3.85. The molecule has 6 nitrogen and oxygen atoms in total. The summed E-state index contributed by atoms with van der Waals surface area (Å²) in [5.41, 5.74) is 4.66. The topological polar surface area (TPSA) is 59.1 Å². The first-order valence-corrected chi connectivity index (χ1v) is 10.5. The lowest BCUT2D eigenvalue weighted by Crippen LogP contribution is -2.52. The van der Waals surface area contributed by atoms with Crippen molar-refractivity contribution in [2.75, 3.05) is 20.8 Å². The molecule has 30 heavy (non-hydrogen) atoms. The predicted octanol–water partition coefficient (Wildman–Crippen LogP) is 4.40. The summed E-state index contributed by atoms with van der Waals surface area (Å²) in [6.07, 6.45) is 4.24. The number of fused-ring (bicyclic) bond motifs is 3. The van der Waals surface area contributed by atoms with Crippen molar-refractivity contribution in [1.29, 1.82) is 0 Å². The highest BCUT2D eigenvalue weighted by Crippen LogP contribution is 2.44. The van der Waals surface area contributed by atoms with Crippen LogP contribution in [-0.2, 0) is 14.4 Å². The number of ether oxygens (including phenoxy) is 1. The van der Waals surface area contributed by atoms with Crippen LogP contribution in [0, 0.1) is 5.92 Å². The summed E-state index contributed by atoms with van der Waals surface area (Å²) in [6.45, 7) is 0.204. The van der Waals surface area contributed by atoms with Gasteiger partial charge in [-0.2, -0.15) is 0 Å². The molecular weight excluding hydrogens is 380 g/mol. The third-order valence-electron chi connectivity index (χ3n) is 6.36. The minimum atomic E-state index is -0.601. The summed E-state index contributed by atoms with van der Waals surface area (Å²) in [6, 6.07) is 15.8. The second kappa shape index (κ2) is 8.98. The summed E-state index contributed by atoms with van der Waals surface area (Å²) < 4.78 is 5.75. The Hall–Kier alpha value is -2.70. The van der Waals surface area contributed by atoms with Gasteiger partial charge in [-0.05, 0) is 34.6 Å². The Labute approximate surface area is 177 Å². The maximum Gasteiger partial charge on any atom is 0.426 e. The Morgan fingerprint density at radius 3 is 2.20 bits per heavy atom. The molecule has 0 bridgehead atoms. The van der Waals surface area contributed by atoms with E-state index in [2.05, 4.69) is 24.3 Å². The van der Waals surface area contributed by atoms with Crippen LogP contribution in [0.4, 0.5) is 4.79 Å². The number of hydrazine groups is 1. The van der Waals surface area contributed by atoms with E-state index in [1.54, 1.807) is 7.05 Å². The molecule has 1 atom stereocenters. The van der Waals surface area contributed by atoms with Crippen LogP contribution in [0.2, 0.25) is 0 Å². The lowest BCUT2D eigenvalue weighted by Gasteiger charge is -2.36. The molecule has 0 heterocycles. The van der Waals surface area contributed by atoms with E-state index in [-0.39, 0.29) is 12.5 Å². The van der Waals surface area contributed by atoms with Gasteiger partial charge in [0.05, 0.1) is 7.11 Å². The molecule has 6 heteroatoms. The number of amides is 1. The first kappa shape index (κ1) is 20.6. The van der Waals surface area contributed by atoms with Crippen molar-refractivity contribution < 1.29 is 19.2 Å². The molecule has 1 amide bonds. The summed E-state index contributed by atoms with van der Waals surface area (Å²) in [7, 11) is 3.08. The molecule has 0 aliphatic heterocycles. The molecule has 0 aromatic heterocycles. The van der Waals surface area contributed by atoms with Crippen molar-refractivity contribution in [3.05, 3.63) is 59.7 Å². The molecule has 2 aromatic rings. The van der Waals surface area contributed by atoms with Crippen LogP contribution in [0.3, 0.4) is 0 Å². The minimum Gasteiger partial charge on any atom is -0.447 e. The van der Waals surface area contributed by atoms with Gasteiger partial charge in [0.2, 0.25) is 0 Å². The third-order valence-corrected chi connectivity index (χ3v) is 6.36. The minimum absolute atomic E-state index is 0.0302. The SMILES string of the molecule is CON(C)N(C(=O)OCC1c2ccccc2-c2ccccc21)[C@H](C=O)CC1CCC1. The molecule has 4 rings (SSSR count). The van der Waals surface area contributed by atoms with Crippen molar-refractivity contribution in [2.24, 2.45) is 5.92 Å². The number of hydrogen-bond acceptors (Lipinski definition) is 5. The summed E-state index contributed by atoms with van der Waals surface area (Å²) in [5.74, 6) is 0.437. The highest BCUT2D eigenvalue weighted by Gasteiger charge is 2.35. The van der Waals surface area contributed by atoms with Gasteiger partial charge in [0.1, 0.15) is 18.9 Å². The number of carbonyl (C=O) groups is 2. The van der Waals surface area contributed by atoms with Crippen LogP contribution in [0.15, 0.2) is 48.5 Å². The van der Waals surface area contributed by atoms with Crippen molar-refractivity contribution in [2.45, 2.75) is 37.6 Å². The summed E-state index contributed by atoms with van der Waals surface area (Å²) in [4.78, 5) is 30.1. The van der Waals surface area contributed by atoms with E-state index in [0.717, 1.165) is 30.3 Å². The lowest BCUT2D eigenvalue weighted by molar-refractivity contribution is -0.245. The molecule has 2 aliphatic carbocycles. The number of carbonyl (C=O) groups excluding carboxylic acids is 2. The molecule has 0 radical (unpaired) electrons. The van der Waals surface area contributed by atoms with E-state index < -0.39 is 12.1 Å². The van der Waals surface area contributed by atoms with E-state index >= 15 is 0 Å². The van der Waals surface area contributed by atoms with Gasteiger partial charge in [-0.15, -0.1) is 0 Å². The fourth-order valence-electron chi connectivity index (χ4n) is 4.49. The first-order chi connectivity index (χ1) is 14.6. The fraction of sp³-hybridized carbons (Fsp3) is 0.417. The number of rotatable bonds is 8. The first-order valence-electron chi connectivity index (χ1n) is 10.5. The number of hydroxylamine groups is 1. The Balaban J connectivity index is 1.51. The van der Waals surface area contributed by atoms with Crippen LogP contribution < -0.4 is 0 Å². The predicted molar refractivity (Wildman–Crippen MR) is 113 cm³/mol. The molecule has 0 saturated heterocycles. The molecule has 158 valence electrons. The highest BCUT2D eigenvalue weighted by atomic mass is 16.7. The van der Waals surface area contributed by atoms with Gasteiger partial charge in [0, 0.05) is 13.0 Å². The second-order valence-corrected chi connectivity index (χ2v) is 8.03. The van der Waals surface area contributed by atoms with Crippen LogP contribution in [-0.4, -0.2) is 49.4 Å². The van der Waals surface area contributed by atoms with E-state index in [4.69, 9.17) is 9.57 Å². The standard InChI is InChI=1S/C24H28N2O4/c1-25(29-2)26(18(15-27)14-17-8-7-9-17)24(28)30-16-23-21-12-5-3-10-19(21)20-11-4-6-13-22(20)23/h3-6,10-13,15,17-18,23H,7-9,14,16H2,1-2H3/t18-/m0/s1. The Bertz CT molecular complexity index is 866. The largest absolute Gasteiger partial charge is 0.447 e. The van der Waals surface area contributed by atoms with E-state index in [9.17, 15) is 9.59 Å². The quantitative estimate of drug-likeness (QED) is 0.479. The number of hydrogen-bond donors (Lipinski definition) is 0. The van der Waals surface area contributed by atoms with Gasteiger partial charge in [-0.25, -0.2) is 9.80 Å². The summed E-state index contributed by atoms with van der Waals surface area (Å²) in [5, 5.41) is 2.58. The zero-order valence-electron chi connectivity index (χ0n) is 17.5. The van der Waals surface area contributed by atoms with Gasteiger partial charge in [-0.1, -0.05) is 73.0 Å². The van der Waals surface area contributed by atoms with Crippen molar-refractivity contribution in [1.82, 2.24) is 10.2 Å². The maximum atomic E-state index is 13.0. The van der Waals surface area contributed by atoms with Gasteiger partial charge < -0.3 is 9.53 Å². The van der Waals surface area contributed by atoms with Crippen LogP contribution >= 0.6 is 0 Å². The van der Waals surface area contributed by atoms with Crippen molar-refractivity contribution in [3.63, 3.8) is 0 Å². The second-order valence-electron chi connectivity index (χ2n) is 8.03. The molecule has 0 unspecified atom stereocenters.